The van der Waals surface area contributed by atoms with Crippen LogP contribution in [0.3, 0.4) is 0 Å². The predicted octanol–water partition coefficient (Wildman–Crippen LogP) is 4.10. The first kappa shape index (κ1) is 17.4. The van der Waals surface area contributed by atoms with Gasteiger partial charge < -0.3 is 5.11 Å². The normalized spacial score (nSPS) is 17.1. The molecule has 3 rings (SSSR count). The second-order valence-corrected chi connectivity index (χ2v) is 7.16. The molecule has 1 unspecified atom stereocenters. The molecule has 1 atom stereocenters. The molecule has 1 saturated heterocycles. The average molecular weight is 369 g/mol. The van der Waals surface area contributed by atoms with Crippen LogP contribution in [0, 0.1) is 0 Å². The van der Waals surface area contributed by atoms with Crippen molar-refractivity contribution in [2.75, 3.05) is 0 Å². The lowest BCUT2D eigenvalue weighted by Gasteiger charge is -2.26. The number of hydrogen-bond acceptors (Lipinski definition) is 4. The number of carbonyl (C=O) groups excluding carboxylic acids is 1. The molecule has 1 heterocycles. The molecule has 2 aromatic carbocycles. The Kier molecular flexibility index (Phi) is 5.31. The molecule has 2 aromatic rings. The average Bonchev–Trinajstić information content (AvgIpc) is 2.88. The third-order valence-corrected chi connectivity index (χ3v) is 5.12. The van der Waals surface area contributed by atoms with Crippen LogP contribution in [0.2, 0.25) is 0 Å². The predicted molar refractivity (Wildman–Crippen MR) is 103 cm³/mol. The van der Waals surface area contributed by atoms with Crippen LogP contribution in [0.1, 0.15) is 23.6 Å². The van der Waals surface area contributed by atoms with Crippen LogP contribution in [-0.4, -0.2) is 26.2 Å². The van der Waals surface area contributed by atoms with E-state index in [1.165, 1.54) is 16.7 Å². The van der Waals surface area contributed by atoms with Crippen LogP contribution in [-0.2, 0) is 9.59 Å². The number of rotatable bonds is 5. The third kappa shape index (κ3) is 3.97. The number of hydrogen-bond donors (Lipinski definition) is 1. The van der Waals surface area contributed by atoms with Crippen LogP contribution in [0.5, 0.6) is 0 Å². The largest absolute Gasteiger partial charge is 0.481 e. The van der Waals surface area contributed by atoms with Crippen molar-refractivity contribution in [3.63, 3.8) is 0 Å². The zero-order chi connectivity index (χ0) is 17.8. The van der Waals surface area contributed by atoms with Crippen molar-refractivity contribution in [3.05, 3.63) is 76.7 Å². The molecule has 0 aliphatic carbocycles. The molecule has 4 nitrogen and oxygen atoms in total. The minimum absolute atomic E-state index is 0.199. The lowest BCUT2D eigenvalue weighted by molar-refractivity contribution is -0.138. The van der Waals surface area contributed by atoms with Crippen molar-refractivity contribution >= 4 is 46.3 Å². The number of benzene rings is 2. The Morgan fingerprint density at radius 2 is 1.72 bits per heavy atom. The quantitative estimate of drug-likeness (QED) is 0.635. The Hall–Kier alpha value is -2.44. The molecule has 0 saturated carbocycles. The highest BCUT2D eigenvalue weighted by Gasteiger charge is 2.38. The van der Waals surface area contributed by atoms with Crippen molar-refractivity contribution < 1.29 is 14.7 Å². The molecule has 0 aromatic heterocycles. The first-order valence-corrected chi connectivity index (χ1v) is 8.87. The second kappa shape index (κ2) is 7.63. The molecule has 126 valence electrons. The molecule has 6 heteroatoms. The van der Waals surface area contributed by atoms with Gasteiger partial charge >= 0.3 is 5.97 Å². The standard InChI is InChI=1S/C19H15NO3S2/c21-17(22)12-15(14-9-5-2-6-10-14)20-18(23)16(25-19(20)24)11-13-7-3-1-4-8-13/h1-11,15H,12H2,(H,21,22)/b16-11-. The zero-order valence-corrected chi connectivity index (χ0v) is 14.8. The highest BCUT2D eigenvalue weighted by molar-refractivity contribution is 8.26. The van der Waals surface area contributed by atoms with Crippen molar-refractivity contribution in [2.45, 2.75) is 12.5 Å². The number of carbonyl (C=O) groups is 2. The van der Waals surface area contributed by atoms with Crippen molar-refractivity contribution in [3.8, 4) is 0 Å². The van der Waals surface area contributed by atoms with E-state index in [0.717, 1.165) is 11.1 Å². The highest BCUT2D eigenvalue weighted by Crippen LogP contribution is 2.39. The van der Waals surface area contributed by atoms with Crippen LogP contribution < -0.4 is 0 Å². The Morgan fingerprint density at radius 3 is 2.32 bits per heavy atom. The van der Waals surface area contributed by atoms with Gasteiger partial charge in [0.2, 0.25) is 0 Å². The topological polar surface area (TPSA) is 57.6 Å². The van der Waals surface area contributed by atoms with Gasteiger partial charge in [0.25, 0.3) is 5.91 Å². The summed E-state index contributed by atoms with van der Waals surface area (Å²) in [4.78, 5) is 26.1. The maximum absolute atomic E-state index is 12.9. The van der Waals surface area contributed by atoms with Crippen molar-refractivity contribution in [1.82, 2.24) is 4.90 Å². The first-order chi connectivity index (χ1) is 12.1. The first-order valence-electron chi connectivity index (χ1n) is 7.65. The van der Waals surface area contributed by atoms with E-state index in [2.05, 4.69) is 0 Å². The summed E-state index contributed by atoms with van der Waals surface area (Å²) in [6.07, 6.45) is 1.58. The van der Waals surface area contributed by atoms with Crippen LogP contribution in [0.25, 0.3) is 6.08 Å². The Bertz CT molecular complexity index is 834. The van der Waals surface area contributed by atoms with E-state index < -0.39 is 12.0 Å². The van der Waals surface area contributed by atoms with Crippen molar-refractivity contribution in [2.24, 2.45) is 0 Å². The lowest BCUT2D eigenvalue weighted by atomic mass is 10.0. The van der Waals surface area contributed by atoms with Gasteiger partial charge in [-0.1, -0.05) is 84.6 Å². The summed E-state index contributed by atoms with van der Waals surface area (Å²) in [7, 11) is 0. The summed E-state index contributed by atoms with van der Waals surface area (Å²) in [5.41, 5.74) is 1.65. The monoisotopic (exact) mass is 369 g/mol. The van der Waals surface area contributed by atoms with Gasteiger partial charge in [0.15, 0.2) is 0 Å². The SMILES string of the molecule is O=C(O)CC(c1ccccc1)N1C(=O)/C(=C/c2ccccc2)SC1=S. The molecule has 1 aliphatic rings. The Balaban J connectivity index is 1.94. The third-order valence-electron chi connectivity index (χ3n) is 3.78. The fourth-order valence-corrected chi connectivity index (χ4v) is 4.00. The maximum Gasteiger partial charge on any atom is 0.305 e. The van der Waals surface area contributed by atoms with E-state index in [1.807, 2.05) is 60.7 Å². The summed E-state index contributed by atoms with van der Waals surface area (Å²) >= 11 is 6.58. The van der Waals surface area contributed by atoms with Crippen LogP contribution in [0.15, 0.2) is 65.6 Å². The zero-order valence-electron chi connectivity index (χ0n) is 13.2. The van der Waals surface area contributed by atoms with E-state index in [4.69, 9.17) is 12.2 Å². The van der Waals surface area contributed by atoms with E-state index in [-0.39, 0.29) is 12.3 Å². The van der Waals surface area contributed by atoms with Gasteiger partial charge in [-0.3, -0.25) is 14.5 Å². The molecule has 1 amide bonds. The molecule has 0 bridgehead atoms. The Labute approximate surface area is 155 Å². The van der Waals surface area contributed by atoms with Crippen molar-refractivity contribution in [1.29, 1.82) is 0 Å². The molecule has 0 radical (unpaired) electrons. The number of aliphatic carboxylic acids is 1. The molecule has 1 aliphatic heterocycles. The molecular weight excluding hydrogens is 354 g/mol. The number of amides is 1. The summed E-state index contributed by atoms with van der Waals surface area (Å²) in [6, 6.07) is 18.0. The molecular formula is C19H15NO3S2. The number of carboxylic acids is 1. The van der Waals surface area contributed by atoms with Gasteiger partial charge in [-0.15, -0.1) is 0 Å². The summed E-state index contributed by atoms with van der Waals surface area (Å²) in [6.45, 7) is 0. The highest BCUT2D eigenvalue weighted by atomic mass is 32.2. The second-order valence-electron chi connectivity index (χ2n) is 5.49. The minimum Gasteiger partial charge on any atom is -0.481 e. The van der Waals surface area contributed by atoms with Gasteiger partial charge in [0, 0.05) is 0 Å². The molecule has 1 N–H and O–H groups in total. The van der Waals surface area contributed by atoms with Gasteiger partial charge in [-0.25, -0.2) is 0 Å². The molecule has 25 heavy (non-hydrogen) atoms. The fourth-order valence-electron chi connectivity index (χ4n) is 2.65. The van der Waals surface area contributed by atoms with Crippen LogP contribution in [0.4, 0.5) is 0 Å². The van der Waals surface area contributed by atoms with E-state index in [1.54, 1.807) is 6.08 Å². The van der Waals surface area contributed by atoms with Crippen LogP contribution >= 0.6 is 24.0 Å². The van der Waals surface area contributed by atoms with E-state index >= 15 is 0 Å². The summed E-state index contributed by atoms with van der Waals surface area (Å²) < 4.78 is 0.377. The number of thiocarbonyl (C=S) groups is 1. The van der Waals surface area contributed by atoms with Gasteiger partial charge in [-0.2, -0.15) is 0 Å². The lowest BCUT2D eigenvalue weighted by Crippen LogP contribution is -2.34. The van der Waals surface area contributed by atoms with Gasteiger partial charge in [-0.05, 0) is 17.2 Å². The van der Waals surface area contributed by atoms with E-state index in [0.29, 0.717) is 9.23 Å². The summed E-state index contributed by atoms with van der Waals surface area (Å²) in [5.74, 6) is -1.23. The molecule has 0 spiro atoms. The van der Waals surface area contributed by atoms with Gasteiger partial charge in [0.1, 0.15) is 4.32 Å². The van der Waals surface area contributed by atoms with E-state index in [9.17, 15) is 14.7 Å². The molecule has 1 fully saturated rings. The minimum atomic E-state index is -0.977. The fraction of sp³-hybridized carbons (Fsp3) is 0.105. The van der Waals surface area contributed by atoms with Gasteiger partial charge in [0.05, 0.1) is 17.4 Å². The Morgan fingerprint density at radius 1 is 1.12 bits per heavy atom. The summed E-state index contributed by atoms with van der Waals surface area (Å²) in [5, 5.41) is 9.28. The number of nitrogens with zero attached hydrogens (tertiary/aromatic N) is 1. The number of carboxylic acid groups (broad SMARTS) is 1. The smallest absolute Gasteiger partial charge is 0.305 e. The maximum atomic E-state index is 12.9. The number of thioether (sulfide) groups is 1.